The summed E-state index contributed by atoms with van der Waals surface area (Å²) in [7, 11) is -2.05. The average Bonchev–Trinajstić information content (AvgIpc) is 2.35. The van der Waals surface area contributed by atoms with Gasteiger partial charge in [0.15, 0.2) is 0 Å². The number of hydrogen-bond donors (Lipinski definition) is 0. The Morgan fingerprint density at radius 2 is 2.26 bits per heavy atom. The molecule has 1 heterocycles. The van der Waals surface area contributed by atoms with Crippen molar-refractivity contribution in [2.45, 2.75) is 32.0 Å². The number of rotatable bonds is 7. The first-order valence-corrected chi connectivity index (χ1v) is 9.53. The summed E-state index contributed by atoms with van der Waals surface area (Å²) in [5.74, 6) is 0. The second-order valence-electron chi connectivity index (χ2n) is 4.91. The van der Waals surface area contributed by atoms with E-state index < -0.39 is 8.56 Å². The zero-order valence-corrected chi connectivity index (χ0v) is 13.3. The van der Waals surface area contributed by atoms with Gasteiger partial charge in [-0.25, -0.2) is 0 Å². The maximum atomic E-state index is 6.27. The van der Waals surface area contributed by atoms with Crippen molar-refractivity contribution in [2.24, 2.45) is 0 Å². The summed E-state index contributed by atoms with van der Waals surface area (Å²) in [4.78, 5) is 2.09. The lowest BCUT2D eigenvalue weighted by Crippen LogP contribution is -2.48. The van der Waals surface area contributed by atoms with E-state index in [4.69, 9.17) is 13.6 Å². The van der Waals surface area contributed by atoms with E-state index in [-0.39, 0.29) is 6.10 Å². The molecule has 19 heavy (non-hydrogen) atoms. The molecule has 0 aliphatic carbocycles. The molecule has 0 aromatic carbocycles. The van der Waals surface area contributed by atoms with Crippen molar-refractivity contribution in [1.82, 2.24) is 4.90 Å². The van der Waals surface area contributed by atoms with Gasteiger partial charge in [0, 0.05) is 26.3 Å². The highest BCUT2D eigenvalue weighted by Gasteiger charge is 2.35. The predicted molar refractivity (Wildman–Crippen MR) is 80.3 cm³/mol. The fraction of sp³-hybridized carbons (Fsp3) is 0.714. The van der Waals surface area contributed by atoms with Gasteiger partial charge in [0.2, 0.25) is 0 Å². The molecular formula is C14H27NO3Si. The van der Waals surface area contributed by atoms with E-state index in [2.05, 4.69) is 24.6 Å². The summed E-state index contributed by atoms with van der Waals surface area (Å²) in [5.41, 5.74) is 0. The molecule has 2 unspecified atom stereocenters. The molecule has 0 aromatic heterocycles. The van der Waals surface area contributed by atoms with Crippen molar-refractivity contribution in [3.8, 4) is 0 Å². The molecule has 1 fully saturated rings. The molecule has 0 saturated carbocycles. The minimum absolute atomic E-state index is 0.0430. The summed E-state index contributed by atoms with van der Waals surface area (Å²) in [6.45, 7) is 15.4. The Balaban J connectivity index is 2.62. The molecule has 1 aliphatic heterocycles. The van der Waals surface area contributed by atoms with Crippen LogP contribution >= 0.6 is 0 Å². The third-order valence-corrected chi connectivity index (χ3v) is 6.14. The summed E-state index contributed by atoms with van der Waals surface area (Å²) < 4.78 is 17.8. The molecule has 0 N–H and O–H groups in total. The molecule has 0 aromatic rings. The molecule has 0 spiro atoms. The Hall–Kier alpha value is -0.623. The highest BCUT2D eigenvalue weighted by molar-refractivity contribution is 6.66. The molecule has 0 bridgehead atoms. The Kier molecular flexibility index (Phi) is 7.38. The first-order chi connectivity index (χ1) is 9.13. The van der Waals surface area contributed by atoms with Crippen LogP contribution in [0.25, 0.3) is 0 Å². The molecule has 0 amide bonds. The maximum Gasteiger partial charge on any atom is 0.335 e. The Labute approximate surface area is 118 Å². The molecule has 1 saturated heterocycles. The summed E-state index contributed by atoms with van der Waals surface area (Å²) in [6.07, 6.45) is 4.75. The Morgan fingerprint density at radius 1 is 1.47 bits per heavy atom. The van der Waals surface area contributed by atoms with Gasteiger partial charge in [-0.15, -0.1) is 6.58 Å². The quantitative estimate of drug-likeness (QED) is 0.531. The maximum absolute atomic E-state index is 6.27. The number of nitrogens with zero attached hydrogens (tertiary/aromatic N) is 1. The summed E-state index contributed by atoms with van der Waals surface area (Å²) in [5, 5.41) is 0. The van der Waals surface area contributed by atoms with E-state index in [9.17, 15) is 0 Å². The molecule has 1 aliphatic rings. The van der Waals surface area contributed by atoms with Crippen molar-refractivity contribution in [2.75, 3.05) is 32.9 Å². The van der Waals surface area contributed by atoms with Crippen LogP contribution in [0, 0.1) is 0 Å². The second-order valence-corrected chi connectivity index (χ2v) is 8.20. The number of hydrogen-bond acceptors (Lipinski definition) is 4. The van der Waals surface area contributed by atoms with Crippen LogP contribution in [0.5, 0.6) is 0 Å². The molecule has 4 nitrogen and oxygen atoms in total. The van der Waals surface area contributed by atoms with Gasteiger partial charge in [-0.1, -0.05) is 12.7 Å². The van der Waals surface area contributed by atoms with E-state index in [1.165, 1.54) is 0 Å². The van der Waals surface area contributed by atoms with E-state index in [0.717, 1.165) is 32.2 Å². The van der Waals surface area contributed by atoms with Crippen LogP contribution in [0.1, 0.15) is 13.3 Å². The van der Waals surface area contributed by atoms with E-state index in [1.54, 1.807) is 0 Å². The third kappa shape index (κ3) is 5.91. The average molecular weight is 285 g/mol. The minimum atomic E-state index is -2.05. The molecule has 0 radical (unpaired) electrons. The standard InChI is InChI=1S/C14H27NO3Si/c1-5-9-15(6-2)12-14-13-16-10-8-11-19(4,18-14)17-7-3/h5-6,14H,1-2,7-13H2,3-4H3. The van der Waals surface area contributed by atoms with Gasteiger partial charge in [-0.3, -0.25) is 0 Å². The van der Waals surface area contributed by atoms with Gasteiger partial charge >= 0.3 is 8.56 Å². The fourth-order valence-corrected chi connectivity index (χ4v) is 4.88. The van der Waals surface area contributed by atoms with Crippen LogP contribution in [-0.4, -0.2) is 52.5 Å². The molecule has 1 rings (SSSR count). The van der Waals surface area contributed by atoms with Crippen LogP contribution in [0.3, 0.4) is 0 Å². The Morgan fingerprint density at radius 3 is 2.89 bits per heavy atom. The fourth-order valence-electron chi connectivity index (χ4n) is 2.31. The minimum Gasteiger partial charge on any atom is -0.395 e. The van der Waals surface area contributed by atoms with Crippen LogP contribution in [0.15, 0.2) is 25.4 Å². The van der Waals surface area contributed by atoms with E-state index in [0.29, 0.717) is 13.2 Å². The molecule has 2 atom stereocenters. The second kappa shape index (κ2) is 8.53. The SMILES string of the molecule is C=CCN(C=C)CC1COCCC[Si](C)(OCC)O1. The highest BCUT2D eigenvalue weighted by Crippen LogP contribution is 2.21. The molecular weight excluding hydrogens is 258 g/mol. The normalized spacial score (nSPS) is 28.2. The van der Waals surface area contributed by atoms with Gasteiger partial charge in [0.1, 0.15) is 0 Å². The summed E-state index contributed by atoms with van der Waals surface area (Å²) in [6, 6.07) is 0.993. The lowest BCUT2D eigenvalue weighted by atomic mass is 10.3. The van der Waals surface area contributed by atoms with Crippen molar-refractivity contribution in [1.29, 1.82) is 0 Å². The lowest BCUT2D eigenvalue weighted by Gasteiger charge is -2.35. The van der Waals surface area contributed by atoms with Crippen LogP contribution in [0.2, 0.25) is 12.6 Å². The summed E-state index contributed by atoms with van der Waals surface area (Å²) >= 11 is 0. The van der Waals surface area contributed by atoms with Gasteiger partial charge < -0.3 is 18.5 Å². The smallest absolute Gasteiger partial charge is 0.335 e. The van der Waals surface area contributed by atoms with Crippen molar-refractivity contribution >= 4 is 8.56 Å². The zero-order valence-electron chi connectivity index (χ0n) is 12.3. The Bertz CT molecular complexity index is 288. The van der Waals surface area contributed by atoms with E-state index in [1.807, 2.05) is 19.2 Å². The van der Waals surface area contributed by atoms with Crippen LogP contribution in [-0.2, 0) is 13.6 Å². The monoisotopic (exact) mass is 285 g/mol. The first kappa shape index (κ1) is 16.4. The predicted octanol–water partition coefficient (Wildman–Crippen LogP) is 2.53. The van der Waals surface area contributed by atoms with Crippen molar-refractivity contribution in [3.05, 3.63) is 25.4 Å². The van der Waals surface area contributed by atoms with Gasteiger partial charge in [-0.05, 0) is 32.1 Å². The number of ether oxygens (including phenoxy) is 1. The zero-order chi connectivity index (χ0) is 14.1. The van der Waals surface area contributed by atoms with Crippen molar-refractivity contribution < 1.29 is 13.6 Å². The molecule has 5 heteroatoms. The topological polar surface area (TPSA) is 30.9 Å². The molecule has 110 valence electrons. The van der Waals surface area contributed by atoms with Crippen LogP contribution < -0.4 is 0 Å². The van der Waals surface area contributed by atoms with Crippen LogP contribution in [0.4, 0.5) is 0 Å². The first-order valence-electron chi connectivity index (χ1n) is 7.00. The lowest BCUT2D eigenvalue weighted by molar-refractivity contribution is 0.00473. The van der Waals surface area contributed by atoms with Gasteiger partial charge in [0.05, 0.1) is 12.7 Å². The largest absolute Gasteiger partial charge is 0.395 e. The van der Waals surface area contributed by atoms with Gasteiger partial charge in [-0.2, -0.15) is 0 Å². The third-order valence-electron chi connectivity index (χ3n) is 3.15. The van der Waals surface area contributed by atoms with E-state index >= 15 is 0 Å². The van der Waals surface area contributed by atoms with Crippen molar-refractivity contribution in [3.63, 3.8) is 0 Å². The highest BCUT2D eigenvalue weighted by atomic mass is 28.4. The van der Waals surface area contributed by atoms with Gasteiger partial charge in [0.25, 0.3) is 0 Å².